The van der Waals surface area contributed by atoms with Gasteiger partial charge in [-0.1, -0.05) is 40.5 Å². The average molecular weight is 200 g/mol. The number of hydrogen-bond donors (Lipinski definition) is 1. The van der Waals surface area contributed by atoms with Crippen molar-refractivity contribution in [1.82, 2.24) is 4.90 Å². The Morgan fingerprint density at radius 1 is 1.07 bits per heavy atom. The number of nitrogens with zero attached hydrogens (tertiary/aromatic N) is 1. The maximum atomic E-state index is 6.10. The fourth-order valence-corrected chi connectivity index (χ4v) is 1.58. The van der Waals surface area contributed by atoms with Crippen molar-refractivity contribution in [3.8, 4) is 0 Å². The first kappa shape index (κ1) is 13.9. The molecule has 0 aliphatic carbocycles. The maximum Gasteiger partial charge on any atom is 0.0193 e. The first-order valence-corrected chi connectivity index (χ1v) is 5.95. The molecule has 86 valence electrons. The predicted molar refractivity (Wildman–Crippen MR) is 64.4 cm³/mol. The van der Waals surface area contributed by atoms with Crippen LogP contribution >= 0.6 is 0 Å². The molecule has 0 aliphatic heterocycles. The average Bonchev–Trinajstić information content (AvgIpc) is 2.15. The van der Waals surface area contributed by atoms with Gasteiger partial charge < -0.3 is 10.6 Å². The van der Waals surface area contributed by atoms with Gasteiger partial charge in [-0.2, -0.15) is 0 Å². The zero-order valence-corrected chi connectivity index (χ0v) is 10.6. The summed E-state index contributed by atoms with van der Waals surface area (Å²) in [7, 11) is 2.17. The number of rotatable bonds is 7. The molecule has 0 heterocycles. The van der Waals surface area contributed by atoms with Crippen LogP contribution in [0.3, 0.4) is 0 Å². The molecule has 0 amide bonds. The summed E-state index contributed by atoms with van der Waals surface area (Å²) in [5.41, 5.74) is 6.10. The Morgan fingerprint density at radius 3 is 2.07 bits per heavy atom. The molecule has 0 bridgehead atoms. The summed E-state index contributed by atoms with van der Waals surface area (Å²) in [6.07, 6.45) is 2.43. The van der Waals surface area contributed by atoms with Gasteiger partial charge in [-0.05, 0) is 18.9 Å². The van der Waals surface area contributed by atoms with Crippen LogP contribution in [-0.4, -0.2) is 31.1 Å². The van der Waals surface area contributed by atoms with Crippen molar-refractivity contribution >= 4 is 0 Å². The minimum absolute atomic E-state index is 0.328. The van der Waals surface area contributed by atoms with Crippen LogP contribution in [0.1, 0.15) is 40.5 Å². The smallest absolute Gasteiger partial charge is 0.0193 e. The standard InChI is InChI=1S/C12H28N2/c1-6-10(3)8-14(5)9-12(13)11(4)7-2/h10-12H,6-9,13H2,1-5H3. The van der Waals surface area contributed by atoms with Gasteiger partial charge in [0.2, 0.25) is 0 Å². The fourth-order valence-electron chi connectivity index (χ4n) is 1.58. The lowest BCUT2D eigenvalue weighted by Gasteiger charge is -2.26. The predicted octanol–water partition coefficient (Wildman–Crippen LogP) is 2.34. The van der Waals surface area contributed by atoms with Crippen molar-refractivity contribution in [3.05, 3.63) is 0 Å². The molecule has 3 atom stereocenters. The highest BCUT2D eigenvalue weighted by Crippen LogP contribution is 2.08. The van der Waals surface area contributed by atoms with Gasteiger partial charge >= 0.3 is 0 Å². The van der Waals surface area contributed by atoms with Gasteiger partial charge in [0.25, 0.3) is 0 Å². The van der Waals surface area contributed by atoms with E-state index in [-0.39, 0.29) is 0 Å². The van der Waals surface area contributed by atoms with Crippen molar-refractivity contribution < 1.29 is 0 Å². The summed E-state index contributed by atoms with van der Waals surface area (Å²) in [4.78, 5) is 2.37. The van der Waals surface area contributed by atoms with Gasteiger partial charge in [-0.25, -0.2) is 0 Å². The summed E-state index contributed by atoms with van der Waals surface area (Å²) >= 11 is 0. The Kier molecular flexibility index (Phi) is 7.20. The summed E-state index contributed by atoms with van der Waals surface area (Å²) in [5.74, 6) is 1.42. The third kappa shape index (κ3) is 5.61. The topological polar surface area (TPSA) is 29.3 Å². The summed E-state index contributed by atoms with van der Waals surface area (Å²) in [6, 6.07) is 0.328. The monoisotopic (exact) mass is 200 g/mol. The van der Waals surface area contributed by atoms with Gasteiger partial charge in [0, 0.05) is 19.1 Å². The van der Waals surface area contributed by atoms with Gasteiger partial charge in [-0.3, -0.25) is 0 Å². The lowest BCUT2D eigenvalue weighted by Crippen LogP contribution is -2.41. The van der Waals surface area contributed by atoms with Gasteiger partial charge in [-0.15, -0.1) is 0 Å². The molecule has 14 heavy (non-hydrogen) atoms. The third-order valence-electron chi connectivity index (χ3n) is 3.22. The van der Waals surface area contributed by atoms with Crippen LogP contribution in [0.15, 0.2) is 0 Å². The van der Waals surface area contributed by atoms with Crippen molar-refractivity contribution in [2.75, 3.05) is 20.1 Å². The van der Waals surface area contributed by atoms with E-state index in [1.165, 1.54) is 19.4 Å². The quantitative estimate of drug-likeness (QED) is 0.683. The maximum absolute atomic E-state index is 6.10. The fraction of sp³-hybridized carbons (Fsp3) is 1.00. The lowest BCUT2D eigenvalue weighted by molar-refractivity contribution is 0.242. The molecule has 0 aliphatic rings. The number of hydrogen-bond acceptors (Lipinski definition) is 2. The third-order valence-corrected chi connectivity index (χ3v) is 3.22. The molecule has 2 nitrogen and oxygen atoms in total. The normalized spacial score (nSPS) is 18.2. The molecule has 0 radical (unpaired) electrons. The Balaban J connectivity index is 3.75. The highest BCUT2D eigenvalue weighted by molar-refractivity contribution is 4.72. The molecule has 0 fully saturated rings. The van der Waals surface area contributed by atoms with Crippen LogP contribution in [0, 0.1) is 11.8 Å². The molecule has 0 saturated heterocycles. The molecule has 2 N–H and O–H groups in total. The Hall–Kier alpha value is -0.0800. The first-order valence-electron chi connectivity index (χ1n) is 5.95. The van der Waals surface area contributed by atoms with E-state index >= 15 is 0 Å². The van der Waals surface area contributed by atoms with Crippen LogP contribution in [0.4, 0.5) is 0 Å². The highest BCUT2D eigenvalue weighted by Gasteiger charge is 2.13. The van der Waals surface area contributed by atoms with E-state index in [0.29, 0.717) is 12.0 Å². The van der Waals surface area contributed by atoms with E-state index in [4.69, 9.17) is 5.73 Å². The molecule has 0 rings (SSSR count). The zero-order chi connectivity index (χ0) is 11.1. The molecule has 0 spiro atoms. The number of likely N-dealkylation sites (N-methyl/N-ethyl adjacent to an activating group) is 1. The van der Waals surface area contributed by atoms with Crippen LogP contribution in [0.25, 0.3) is 0 Å². The SMILES string of the molecule is CCC(C)CN(C)CC(N)C(C)CC. The minimum Gasteiger partial charge on any atom is -0.326 e. The molecular weight excluding hydrogens is 172 g/mol. The Bertz CT molecular complexity index is 136. The lowest BCUT2D eigenvalue weighted by atomic mass is 9.99. The van der Waals surface area contributed by atoms with Crippen molar-refractivity contribution in [3.63, 3.8) is 0 Å². The van der Waals surface area contributed by atoms with E-state index in [2.05, 4.69) is 39.6 Å². The second kappa shape index (κ2) is 7.24. The molecular formula is C12H28N2. The molecule has 3 unspecified atom stereocenters. The van der Waals surface area contributed by atoms with Crippen molar-refractivity contribution in [2.24, 2.45) is 17.6 Å². The molecule has 0 aromatic heterocycles. The van der Waals surface area contributed by atoms with Crippen LogP contribution < -0.4 is 5.73 Å². The Morgan fingerprint density at radius 2 is 1.64 bits per heavy atom. The van der Waals surface area contributed by atoms with E-state index in [1.54, 1.807) is 0 Å². The molecule has 2 heteroatoms. The van der Waals surface area contributed by atoms with Gasteiger partial charge in [0.15, 0.2) is 0 Å². The van der Waals surface area contributed by atoms with Crippen molar-refractivity contribution in [2.45, 2.75) is 46.6 Å². The van der Waals surface area contributed by atoms with E-state index in [9.17, 15) is 0 Å². The minimum atomic E-state index is 0.328. The molecule has 0 aromatic rings. The second-order valence-corrected chi connectivity index (χ2v) is 4.78. The first-order chi connectivity index (χ1) is 6.51. The highest BCUT2D eigenvalue weighted by atomic mass is 15.1. The van der Waals surface area contributed by atoms with Gasteiger partial charge in [0.05, 0.1) is 0 Å². The summed E-state index contributed by atoms with van der Waals surface area (Å²) < 4.78 is 0. The zero-order valence-electron chi connectivity index (χ0n) is 10.6. The van der Waals surface area contributed by atoms with Crippen LogP contribution in [0.5, 0.6) is 0 Å². The number of nitrogens with two attached hydrogens (primary N) is 1. The van der Waals surface area contributed by atoms with E-state index in [1.807, 2.05) is 0 Å². The van der Waals surface area contributed by atoms with E-state index in [0.717, 1.165) is 12.5 Å². The van der Waals surface area contributed by atoms with Gasteiger partial charge in [0.1, 0.15) is 0 Å². The van der Waals surface area contributed by atoms with Crippen LogP contribution in [0.2, 0.25) is 0 Å². The van der Waals surface area contributed by atoms with Crippen LogP contribution in [-0.2, 0) is 0 Å². The largest absolute Gasteiger partial charge is 0.326 e. The Labute approximate surface area is 89.9 Å². The summed E-state index contributed by atoms with van der Waals surface area (Å²) in [5, 5.41) is 0. The summed E-state index contributed by atoms with van der Waals surface area (Å²) in [6.45, 7) is 11.2. The molecule has 0 saturated carbocycles. The second-order valence-electron chi connectivity index (χ2n) is 4.78. The van der Waals surface area contributed by atoms with Crippen molar-refractivity contribution in [1.29, 1.82) is 0 Å². The van der Waals surface area contributed by atoms with E-state index < -0.39 is 0 Å². The molecule has 0 aromatic carbocycles.